The number of ether oxygens (including phenoxy) is 3. The van der Waals surface area contributed by atoms with Gasteiger partial charge in [0.2, 0.25) is 5.75 Å². The van der Waals surface area contributed by atoms with Crippen molar-refractivity contribution in [2.45, 2.75) is 25.7 Å². The fourth-order valence-electron chi connectivity index (χ4n) is 3.09. The number of carbonyl (C=O) groups is 1. The Morgan fingerprint density at radius 3 is 2.46 bits per heavy atom. The zero-order valence-corrected chi connectivity index (χ0v) is 15.9. The minimum Gasteiger partial charge on any atom is -0.493 e. The quantitative estimate of drug-likeness (QED) is 0.621. The lowest BCUT2D eigenvalue weighted by Gasteiger charge is -2.12. The second kappa shape index (κ2) is 8.23. The smallest absolute Gasteiger partial charge is 0.272 e. The highest BCUT2D eigenvalue weighted by atomic mass is 32.1. The third-order valence-corrected chi connectivity index (χ3v) is 5.46. The summed E-state index contributed by atoms with van der Waals surface area (Å²) in [5.41, 5.74) is 5.26. The van der Waals surface area contributed by atoms with Crippen LogP contribution in [0, 0.1) is 0 Å². The number of fused-ring (bicyclic) bond motifs is 1. The van der Waals surface area contributed by atoms with Crippen molar-refractivity contribution in [2.75, 3.05) is 21.3 Å². The van der Waals surface area contributed by atoms with Gasteiger partial charge in [0.05, 0.1) is 33.1 Å². The number of hydrogen-bond acceptors (Lipinski definition) is 6. The summed E-state index contributed by atoms with van der Waals surface area (Å²) in [5.74, 6) is 1.41. The zero-order valence-electron chi connectivity index (χ0n) is 15.1. The Morgan fingerprint density at radius 2 is 1.81 bits per heavy atom. The molecule has 0 saturated heterocycles. The molecular formula is C19H22N2O4S. The summed E-state index contributed by atoms with van der Waals surface area (Å²) < 4.78 is 15.9. The SMILES string of the molecule is COc1cc(C=NNC(=O)c2csc3c2CCCC3)cc(OC)c1OC. The van der Waals surface area contributed by atoms with Crippen LogP contribution in [0.3, 0.4) is 0 Å². The first-order valence-corrected chi connectivity index (χ1v) is 9.28. The Bertz CT molecular complexity index is 804. The van der Waals surface area contributed by atoms with Gasteiger partial charge in [-0.15, -0.1) is 11.3 Å². The first-order valence-electron chi connectivity index (χ1n) is 8.40. The van der Waals surface area contributed by atoms with E-state index in [1.54, 1.807) is 51.0 Å². The fraction of sp³-hybridized carbons (Fsp3) is 0.368. The van der Waals surface area contributed by atoms with E-state index in [9.17, 15) is 4.79 Å². The number of nitrogens with one attached hydrogen (secondary N) is 1. The van der Waals surface area contributed by atoms with E-state index in [-0.39, 0.29) is 5.91 Å². The van der Waals surface area contributed by atoms with Gasteiger partial charge in [0.1, 0.15) is 0 Å². The summed E-state index contributed by atoms with van der Waals surface area (Å²) in [6, 6.07) is 3.53. The average molecular weight is 374 g/mol. The molecule has 1 aliphatic carbocycles. The zero-order chi connectivity index (χ0) is 18.5. The summed E-state index contributed by atoms with van der Waals surface area (Å²) in [7, 11) is 4.66. The van der Waals surface area contributed by atoms with Gasteiger partial charge in [-0.25, -0.2) is 5.43 Å². The Kier molecular flexibility index (Phi) is 5.78. The maximum atomic E-state index is 12.4. The lowest BCUT2D eigenvalue weighted by Crippen LogP contribution is -2.19. The summed E-state index contributed by atoms with van der Waals surface area (Å²) in [4.78, 5) is 13.8. The van der Waals surface area contributed by atoms with E-state index in [0.717, 1.165) is 30.4 Å². The maximum Gasteiger partial charge on any atom is 0.272 e. The Hall–Kier alpha value is -2.54. The third-order valence-electron chi connectivity index (χ3n) is 4.37. The highest BCUT2D eigenvalue weighted by molar-refractivity contribution is 7.10. The van der Waals surface area contributed by atoms with E-state index in [0.29, 0.717) is 17.2 Å². The standard InChI is InChI=1S/C19H22N2O4S/c1-23-15-8-12(9-16(24-2)18(15)25-3)10-20-21-19(22)14-11-26-17-7-5-4-6-13(14)17/h8-11H,4-7H2,1-3H3,(H,21,22). The number of hydrazone groups is 1. The van der Waals surface area contributed by atoms with E-state index in [4.69, 9.17) is 14.2 Å². The lowest BCUT2D eigenvalue weighted by atomic mass is 9.96. The molecule has 0 fully saturated rings. The van der Waals surface area contributed by atoms with E-state index < -0.39 is 0 Å². The molecule has 1 aromatic heterocycles. The second-order valence-electron chi connectivity index (χ2n) is 5.92. The summed E-state index contributed by atoms with van der Waals surface area (Å²) >= 11 is 1.66. The van der Waals surface area contributed by atoms with Crippen LogP contribution in [-0.4, -0.2) is 33.5 Å². The highest BCUT2D eigenvalue weighted by Crippen LogP contribution is 2.37. The van der Waals surface area contributed by atoms with Gasteiger partial charge in [0.25, 0.3) is 5.91 Å². The minimum atomic E-state index is -0.173. The fourth-order valence-corrected chi connectivity index (χ4v) is 4.21. The summed E-state index contributed by atoms with van der Waals surface area (Å²) in [5, 5.41) is 6.01. The van der Waals surface area contributed by atoms with Crippen molar-refractivity contribution in [1.82, 2.24) is 5.43 Å². The molecule has 0 radical (unpaired) electrons. The average Bonchev–Trinajstić information content (AvgIpc) is 3.11. The number of methoxy groups -OCH3 is 3. The number of thiophene rings is 1. The molecule has 1 aromatic carbocycles. The van der Waals surface area contributed by atoms with Gasteiger partial charge in [0, 0.05) is 15.8 Å². The van der Waals surface area contributed by atoms with Crippen LogP contribution in [-0.2, 0) is 12.8 Å². The van der Waals surface area contributed by atoms with E-state index in [1.807, 2.05) is 5.38 Å². The van der Waals surface area contributed by atoms with Crippen molar-refractivity contribution in [2.24, 2.45) is 5.10 Å². The molecule has 0 bridgehead atoms. The molecule has 0 unspecified atom stereocenters. The lowest BCUT2D eigenvalue weighted by molar-refractivity contribution is 0.0954. The molecule has 0 spiro atoms. The van der Waals surface area contributed by atoms with Gasteiger partial charge in [0.15, 0.2) is 11.5 Å². The van der Waals surface area contributed by atoms with Gasteiger partial charge in [-0.2, -0.15) is 5.10 Å². The molecule has 3 rings (SSSR count). The Labute approximate surface area is 156 Å². The molecule has 1 aliphatic rings. The summed E-state index contributed by atoms with van der Waals surface area (Å²) in [6.45, 7) is 0. The van der Waals surface area contributed by atoms with Crippen LogP contribution in [0.15, 0.2) is 22.6 Å². The first-order chi connectivity index (χ1) is 12.7. The highest BCUT2D eigenvalue weighted by Gasteiger charge is 2.19. The van der Waals surface area contributed by atoms with E-state index in [1.165, 1.54) is 16.9 Å². The molecule has 0 saturated carbocycles. The number of amides is 1. The number of benzene rings is 1. The molecule has 7 heteroatoms. The molecule has 138 valence electrons. The van der Waals surface area contributed by atoms with Gasteiger partial charge in [-0.3, -0.25) is 4.79 Å². The predicted molar refractivity (Wildman–Crippen MR) is 102 cm³/mol. The van der Waals surface area contributed by atoms with Crippen molar-refractivity contribution in [1.29, 1.82) is 0 Å². The molecule has 1 amide bonds. The van der Waals surface area contributed by atoms with Crippen LogP contribution >= 0.6 is 11.3 Å². The first kappa shape index (κ1) is 18.3. The maximum absolute atomic E-state index is 12.4. The normalized spacial score (nSPS) is 13.3. The van der Waals surface area contributed by atoms with Crippen LogP contribution in [0.2, 0.25) is 0 Å². The molecule has 26 heavy (non-hydrogen) atoms. The van der Waals surface area contributed by atoms with Crippen LogP contribution in [0.1, 0.15) is 39.2 Å². The van der Waals surface area contributed by atoms with Crippen LogP contribution in [0.4, 0.5) is 0 Å². The number of nitrogens with zero attached hydrogens (tertiary/aromatic N) is 1. The van der Waals surface area contributed by atoms with Gasteiger partial charge < -0.3 is 14.2 Å². The largest absolute Gasteiger partial charge is 0.493 e. The number of carbonyl (C=O) groups excluding carboxylic acids is 1. The van der Waals surface area contributed by atoms with Crippen LogP contribution < -0.4 is 19.6 Å². The minimum absolute atomic E-state index is 0.173. The Balaban J connectivity index is 1.74. The van der Waals surface area contributed by atoms with Gasteiger partial charge in [-0.05, 0) is 43.4 Å². The molecule has 1 N–H and O–H groups in total. The summed E-state index contributed by atoms with van der Waals surface area (Å²) in [6.07, 6.45) is 5.94. The Morgan fingerprint density at radius 1 is 1.12 bits per heavy atom. The van der Waals surface area contributed by atoms with Crippen LogP contribution in [0.5, 0.6) is 17.2 Å². The van der Waals surface area contributed by atoms with Crippen LogP contribution in [0.25, 0.3) is 0 Å². The van der Waals surface area contributed by atoms with Crippen molar-refractivity contribution >= 4 is 23.5 Å². The molecule has 1 heterocycles. The van der Waals surface area contributed by atoms with Crippen molar-refractivity contribution < 1.29 is 19.0 Å². The predicted octanol–water partition coefficient (Wildman–Crippen LogP) is 3.42. The monoisotopic (exact) mass is 374 g/mol. The number of aryl methyl sites for hydroxylation is 1. The molecule has 0 aliphatic heterocycles. The van der Waals surface area contributed by atoms with E-state index in [2.05, 4.69) is 10.5 Å². The molecule has 2 aromatic rings. The molecule has 6 nitrogen and oxygen atoms in total. The van der Waals surface area contributed by atoms with Crippen molar-refractivity contribution in [3.63, 3.8) is 0 Å². The topological polar surface area (TPSA) is 69.2 Å². The molecule has 0 atom stereocenters. The number of rotatable bonds is 6. The second-order valence-corrected chi connectivity index (χ2v) is 6.88. The van der Waals surface area contributed by atoms with Crippen molar-refractivity contribution in [3.8, 4) is 17.2 Å². The van der Waals surface area contributed by atoms with Gasteiger partial charge >= 0.3 is 0 Å². The van der Waals surface area contributed by atoms with Gasteiger partial charge in [-0.1, -0.05) is 0 Å². The van der Waals surface area contributed by atoms with Crippen molar-refractivity contribution in [3.05, 3.63) is 39.1 Å². The molecular weight excluding hydrogens is 352 g/mol. The van der Waals surface area contributed by atoms with E-state index >= 15 is 0 Å². The third kappa shape index (κ3) is 3.67. The number of hydrogen-bond donors (Lipinski definition) is 1.